The molecule has 7 heteroatoms. The Morgan fingerprint density at radius 3 is 2.50 bits per heavy atom. The third-order valence-electron chi connectivity index (χ3n) is 4.71. The highest BCUT2D eigenvalue weighted by atomic mass is 16.5. The third-order valence-corrected chi connectivity index (χ3v) is 4.71. The van der Waals surface area contributed by atoms with Crippen LogP contribution in [0.2, 0.25) is 0 Å². The number of likely N-dealkylation sites (N-methyl/N-ethyl adjacent to an activating group) is 1. The number of rotatable bonds is 6. The molecular weight excluding hydrogens is 332 g/mol. The minimum atomic E-state index is -0.480. The molecule has 2 aromatic rings. The predicted octanol–water partition coefficient (Wildman–Crippen LogP) is 2.26. The Bertz CT molecular complexity index is 711. The van der Waals surface area contributed by atoms with Gasteiger partial charge in [0.25, 0.3) is 0 Å². The molecule has 2 atom stereocenters. The second-order valence-electron chi connectivity index (χ2n) is 6.85. The molecule has 1 N–H and O–H groups in total. The van der Waals surface area contributed by atoms with Crippen molar-refractivity contribution in [2.24, 2.45) is 5.92 Å². The van der Waals surface area contributed by atoms with E-state index in [1.807, 2.05) is 30.3 Å². The third kappa shape index (κ3) is 4.28. The molecule has 7 nitrogen and oxygen atoms in total. The van der Waals surface area contributed by atoms with Crippen molar-refractivity contribution < 1.29 is 14.1 Å². The summed E-state index contributed by atoms with van der Waals surface area (Å²) < 4.78 is 11.0. The Hall–Kier alpha value is -2.25. The van der Waals surface area contributed by atoms with Crippen LogP contribution in [0, 0.1) is 12.8 Å². The fourth-order valence-electron chi connectivity index (χ4n) is 3.29. The molecule has 0 saturated carbocycles. The molecule has 26 heavy (non-hydrogen) atoms. The van der Waals surface area contributed by atoms with Crippen LogP contribution in [-0.2, 0) is 9.53 Å². The number of carbonyl (C=O) groups excluding carboxylic acids is 1. The zero-order chi connectivity index (χ0) is 18.5. The second kappa shape index (κ2) is 8.42. The molecule has 0 aliphatic carbocycles. The minimum Gasteiger partial charge on any atom is -0.381 e. The maximum Gasteiger partial charge on any atom is 0.244 e. The van der Waals surface area contributed by atoms with Crippen LogP contribution in [0.4, 0.5) is 0 Å². The number of benzene rings is 1. The monoisotopic (exact) mass is 358 g/mol. The number of nitrogens with one attached hydrogen (secondary N) is 1. The van der Waals surface area contributed by atoms with Gasteiger partial charge < -0.3 is 14.2 Å². The van der Waals surface area contributed by atoms with Crippen molar-refractivity contribution in [1.82, 2.24) is 20.4 Å². The number of carbonyl (C=O) groups is 1. The highest BCUT2D eigenvalue weighted by Crippen LogP contribution is 2.32. The van der Waals surface area contributed by atoms with Crippen molar-refractivity contribution in [3.63, 3.8) is 0 Å². The molecular formula is C19H26N4O3. The van der Waals surface area contributed by atoms with E-state index in [0.29, 0.717) is 24.9 Å². The number of aromatic nitrogens is 2. The molecule has 0 bridgehead atoms. The summed E-state index contributed by atoms with van der Waals surface area (Å²) in [5, 5.41) is 7.45. The van der Waals surface area contributed by atoms with Crippen molar-refractivity contribution in [3.8, 4) is 0 Å². The number of aryl methyl sites for hydroxylation is 1. The normalized spacial score (nSPS) is 17.7. The molecule has 1 aliphatic heterocycles. The fourth-order valence-corrected chi connectivity index (χ4v) is 3.29. The van der Waals surface area contributed by atoms with E-state index in [2.05, 4.69) is 15.5 Å². The second-order valence-corrected chi connectivity index (χ2v) is 6.85. The lowest BCUT2D eigenvalue weighted by Gasteiger charge is -2.32. The Morgan fingerprint density at radius 2 is 1.92 bits per heavy atom. The maximum absolute atomic E-state index is 12.9. The Labute approximate surface area is 153 Å². The van der Waals surface area contributed by atoms with Crippen LogP contribution < -0.4 is 5.32 Å². The number of ether oxygens (including phenoxy) is 1. The highest BCUT2D eigenvalue weighted by molar-refractivity contribution is 5.82. The number of hydrogen-bond acceptors (Lipinski definition) is 6. The summed E-state index contributed by atoms with van der Waals surface area (Å²) in [6.45, 7) is 3.20. The lowest BCUT2D eigenvalue weighted by atomic mass is 9.90. The van der Waals surface area contributed by atoms with Crippen LogP contribution in [-0.4, -0.2) is 48.3 Å². The smallest absolute Gasteiger partial charge is 0.244 e. The van der Waals surface area contributed by atoms with Crippen molar-refractivity contribution >= 4 is 5.91 Å². The SMILES string of the molecule is Cc1noc([C@H](N[C@H](C(=O)N(C)C)c2ccccc2)C2CCOCC2)n1. The number of nitrogens with zero attached hydrogens (tertiary/aromatic N) is 3. The molecule has 0 radical (unpaired) electrons. The minimum absolute atomic E-state index is 0.00973. The van der Waals surface area contributed by atoms with Crippen LogP contribution in [0.5, 0.6) is 0 Å². The van der Waals surface area contributed by atoms with Crippen molar-refractivity contribution in [2.45, 2.75) is 31.8 Å². The van der Waals surface area contributed by atoms with Crippen LogP contribution in [0.1, 0.15) is 42.2 Å². The van der Waals surface area contributed by atoms with Crippen molar-refractivity contribution in [2.75, 3.05) is 27.3 Å². The zero-order valence-electron chi connectivity index (χ0n) is 15.5. The van der Waals surface area contributed by atoms with Gasteiger partial charge in [0.15, 0.2) is 5.82 Å². The van der Waals surface area contributed by atoms with Gasteiger partial charge in [-0.15, -0.1) is 0 Å². The van der Waals surface area contributed by atoms with Crippen molar-refractivity contribution in [1.29, 1.82) is 0 Å². The first-order valence-corrected chi connectivity index (χ1v) is 8.96. The molecule has 2 heterocycles. The summed E-state index contributed by atoms with van der Waals surface area (Å²) in [7, 11) is 3.53. The van der Waals surface area contributed by atoms with Gasteiger partial charge >= 0.3 is 0 Å². The van der Waals surface area contributed by atoms with E-state index in [0.717, 1.165) is 18.4 Å². The van der Waals surface area contributed by atoms with E-state index in [9.17, 15) is 4.79 Å². The maximum atomic E-state index is 12.9. The Balaban J connectivity index is 1.92. The molecule has 1 aliphatic rings. The highest BCUT2D eigenvalue weighted by Gasteiger charge is 2.34. The number of amides is 1. The first-order chi connectivity index (χ1) is 12.6. The van der Waals surface area contributed by atoms with Gasteiger partial charge in [-0.1, -0.05) is 35.5 Å². The van der Waals surface area contributed by atoms with Gasteiger partial charge in [-0.3, -0.25) is 10.1 Å². The van der Waals surface area contributed by atoms with Gasteiger partial charge in [-0.05, 0) is 31.2 Å². The molecule has 0 unspecified atom stereocenters. The molecule has 1 fully saturated rings. The summed E-state index contributed by atoms with van der Waals surface area (Å²) in [6.07, 6.45) is 1.77. The average Bonchev–Trinajstić information content (AvgIpc) is 3.09. The van der Waals surface area contributed by atoms with Gasteiger partial charge in [0.05, 0.1) is 6.04 Å². The van der Waals surface area contributed by atoms with Gasteiger partial charge in [0, 0.05) is 27.3 Å². The standard InChI is InChI=1S/C19H26N4O3/c1-13-20-18(26-22-13)16(15-9-11-25-12-10-15)21-17(19(24)23(2)3)14-7-5-4-6-8-14/h4-8,15-17,21H,9-12H2,1-3H3/t16-,17+/m1/s1. The Morgan fingerprint density at radius 1 is 1.23 bits per heavy atom. The first kappa shape index (κ1) is 18.5. The lowest BCUT2D eigenvalue weighted by molar-refractivity contribution is -0.131. The number of hydrogen-bond donors (Lipinski definition) is 1. The molecule has 1 amide bonds. The average molecular weight is 358 g/mol. The molecule has 1 aromatic heterocycles. The largest absolute Gasteiger partial charge is 0.381 e. The van der Waals surface area contributed by atoms with E-state index in [1.54, 1.807) is 25.9 Å². The topological polar surface area (TPSA) is 80.5 Å². The molecule has 0 spiro atoms. The molecule has 1 aromatic carbocycles. The van der Waals surface area contributed by atoms with E-state index < -0.39 is 6.04 Å². The Kier molecular flexibility index (Phi) is 6.00. The molecule has 140 valence electrons. The van der Waals surface area contributed by atoms with E-state index in [4.69, 9.17) is 9.26 Å². The van der Waals surface area contributed by atoms with Crippen molar-refractivity contribution in [3.05, 3.63) is 47.6 Å². The van der Waals surface area contributed by atoms with Gasteiger partial charge in [-0.2, -0.15) is 4.98 Å². The summed E-state index contributed by atoms with van der Waals surface area (Å²) >= 11 is 0. The van der Waals surface area contributed by atoms with Crippen LogP contribution >= 0.6 is 0 Å². The fraction of sp³-hybridized carbons (Fsp3) is 0.526. The molecule has 3 rings (SSSR count). The van der Waals surface area contributed by atoms with E-state index in [1.165, 1.54) is 0 Å². The zero-order valence-corrected chi connectivity index (χ0v) is 15.5. The lowest BCUT2D eigenvalue weighted by Crippen LogP contribution is -2.42. The quantitative estimate of drug-likeness (QED) is 0.853. The summed E-state index contributed by atoms with van der Waals surface area (Å²) in [5.74, 6) is 1.38. The van der Waals surface area contributed by atoms with Crippen LogP contribution in [0.3, 0.4) is 0 Å². The van der Waals surface area contributed by atoms with Crippen LogP contribution in [0.15, 0.2) is 34.9 Å². The first-order valence-electron chi connectivity index (χ1n) is 8.96. The van der Waals surface area contributed by atoms with E-state index >= 15 is 0 Å². The van der Waals surface area contributed by atoms with Gasteiger partial charge in [0.1, 0.15) is 6.04 Å². The summed E-state index contributed by atoms with van der Waals surface area (Å²) in [5.41, 5.74) is 0.916. The van der Waals surface area contributed by atoms with Gasteiger partial charge in [-0.25, -0.2) is 0 Å². The summed E-state index contributed by atoms with van der Waals surface area (Å²) in [6, 6.07) is 9.05. The van der Waals surface area contributed by atoms with E-state index in [-0.39, 0.29) is 17.9 Å². The van der Waals surface area contributed by atoms with Gasteiger partial charge in [0.2, 0.25) is 11.8 Å². The summed E-state index contributed by atoms with van der Waals surface area (Å²) in [4.78, 5) is 18.9. The predicted molar refractivity (Wildman–Crippen MR) is 96.3 cm³/mol. The molecule has 1 saturated heterocycles. The van der Waals surface area contributed by atoms with Crippen LogP contribution in [0.25, 0.3) is 0 Å².